The Labute approximate surface area is 84.2 Å². The molecule has 0 unspecified atom stereocenters. The van der Waals surface area contributed by atoms with Gasteiger partial charge in [-0.1, -0.05) is 0 Å². The SMILES string of the molecule is Cl.O=C(O)c1ccc2[nH]cnc2c1F. The van der Waals surface area contributed by atoms with Gasteiger partial charge in [-0.05, 0) is 12.1 Å². The lowest BCUT2D eigenvalue weighted by atomic mass is 10.2. The molecule has 2 rings (SSSR count). The molecule has 1 aromatic heterocycles. The first-order chi connectivity index (χ1) is 6.20. The second kappa shape index (κ2) is 3.63. The molecule has 4 nitrogen and oxygen atoms in total. The van der Waals surface area contributed by atoms with E-state index in [1.165, 1.54) is 18.5 Å². The minimum absolute atomic E-state index is 0. The number of fused-ring (bicyclic) bond motifs is 1. The summed E-state index contributed by atoms with van der Waals surface area (Å²) < 4.78 is 13.3. The van der Waals surface area contributed by atoms with Crippen molar-refractivity contribution in [2.75, 3.05) is 0 Å². The summed E-state index contributed by atoms with van der Waals surface area (Å²) in [5, 5.41) is 8.58. The predicted molar refractivity (Wildman–Crippen MR) is 50.3 cm³/mol. The van der Waals surface area contributed by atoms with Crippen LogP contribution in [0, 0.1) is 5.82 Å². The van der Waals surface area contributed by atoms with E-state index in [-0.39, 0.29) is 23.5 Å². The molecule has 2 N–H and O–H groups in total. The molecule has 0 bridgehead atoms. The molecule has 0 aliphatic rings. The standard InChI is InChI=1S/C8H5FN2O2.ClH/c9-6-4(8(12)13)1-2-5-7(6)11-3-10-5;/h1-3H,(H,10,11)(H,12,13);1H. The first kappa shape index (κ1) is 10.5. The summed E-state index contributed by atoms with van der Waals surface area (Å²) in [6.45, 7) is 0. The summed E-state index contributed by atoms with van der Waals surface area (Å²) in [5.41, 5.74) is 0.182. The maximum atomic E-state index is 13.3. The lowest BCUT2D eigenvalue weighted by Gasteiger charge is -1.96. The van der Waals surface area contributed by atoms with E-state index in [1.807, 2.05) is 0 Å². The number of aromatic carboxylic acids is 1. The lowest BCUT2D eigenvalue weighted by Crippen LogP contribution is -2.00. The third-order valence-corrected chi connectivity index (χ3v) is 1.76. The number of nitrogens with zero attached hydrogens (tertiary/aromatic N) is 1. The smallest absolute Gasteiger partial charge is 0.338 e. The van der Waals surface area contributed by atoms with Crippen molar-refractivity contribution in [3.05, 3.63) is 29.8 Å². The van der Waals surface area contributed by atoms with Crippen LogP contribution in [-0.4, -0.2) is 21.0 Å². The van der Waals surface area contributed by atoms with Gasteiger partial charge in [-0.25, -0.2) is 14.2 Å². The summed E-state index contributed by atoms with van der Waals surface area (Å²) in [7, 11) is 0. The average molecular weight is 217 g/mol. The number of hydrogen-bond acceptors (Lipinski definition) is 2. The van der Waals surface area contributed by atoms with Crippen molar-refractivity contribution >= 4 is 29.4 Å². The molecule has 0 saturated carbocycles. The topological polar surface area (TPSA) is 66.0 Å². The number of hydrogen-bond donors (Lipinski definition) is 2. The second-order valence-electron chi connectivity index (χ2n) is 2.53. The van der Waals surface area contributed by atoms with E-state index in [4.69, 9.17) is 5.11 Å². The number of carbonyl (C=O) groups is 1. The molecule has 1 heterocycles. The maximum absolute atomic E-state index is 13.3. The van der Waals surface area contributed by atoms with E-state index in [0.29, 0.717) is 5.52 Å². The van der Waals surface area contributed by atoms with Gasteiger partial charge < -0.3 is 10.1 Å². The van der Waals surface area contributed by atoms with E-state index in [2.05, 4.69) is 9.97 Å². The molecular weight excluding hydrogens is 211 g/mol. The Morgan fingerprint density at radius 2 is 2.21 bits per heavy atom. The number of nitrogens with one attached hydrogen (secondary N) is 1. The number of carboxylic acid groups (broad SMARTS) is 1. The third kappa shape index (κ3) is 1.42. The van der Waals surface area contributed by atoms with E-state index >= 15 is 0 Å². The fourth-order valence-electron chi connectivity index (χ4n) is 1.14. The Hall–Kier alpha value is -1.62. The van der Waals surface area contributed by atoms with Gasteiger partial charge in [0, 0.05) is 0 Å². The average Bonchev–Trinajstić information content (AvgIpc) is 2.52. The fraction of sp³-hybridized carbons (Fsp3) is 0. The van der Waals surface area contributed by atoms with Crippen LogP contribution in [0.1, 0.15) is 10.4 Å². The van der Waals surface area contributed by atoms with Gasteiger partial charge in [0.2, 0.25) is 0 Å². The highest BCUT2D eigenvalue weighted by Gasteiger charge is 2.14. The Morgan fingerprint density at radius 1 is 1.50 bits per heavy atom. The molecule has 0 radical (unpaired) electrons. The van der Waals surface area contributed by atoms with Crippen LogP contribution in [0.5, 0.6) is 0 Å². The van der Waals surface area contributed by atoms with Crippen molar-refractivity contribution in [1.82, 2.24) is 9.97 Å². The quantitative estimate of drug-likeness (QED) is 0.764. The highest BCUT2D eigenvalue weighted by molar-refractivity contribution is 5.92. The van der Waals surface area contributed by atoms with Crippen LogP contribution >= 0.6 is 12.4 Å². The minimum Gasteiger partial charge on any atom is -0.478 e. The summed E-state index contributed by atoms with van der Waals surface area (Å²) in [5.74, 6) is -2.09. The molecule has 6 heteroatoms. The van der Waals surface area contributed by atoms with Crippen molar-refractivity contribution in [3.8, 4) is 0 Å². The molecule has 0 saturated heterocycles. The molecule has 74 valence electrons. The number of aromatic nitrogens is 2. The van der Waals surface area contributed by atoms with Crippen LogP contribution in [-0.2, 0) is 0 Å². The van der Waals surface area contributed by atoms with E-state index < -0.39 is 11.8 Å². The molecule has 0 aliphatic carbocycles. The second-order valence-corrected chi connectivity index (χ2v) is 2.53. The molecule has 0 amide bonds. The van der Waals surface area contributed by atoms with Crippen molar-refractivity contribution in [2.24, 2.45) is 0 Å². The van der Waals surface area contributed by atoms with Gasteiger partial charge in [0.25, 0.3) is 0 Å². The molecular formula is C8H6ClFN2O2. The van der Waals surface area contributed by atoms with Crippen molar-refractivity contribution < 1.29 is 14.3 Å². The number of aromatic amines is 1. The Bertz CT molecular complexity index is 483. The summed E-state index contributed by atoms with van der Waals surface area (Å²) in [6.07, 6.45) is 1.32. The molecule has 0 aliphatic heterocycles. The number of carboxylic acids is 1. The monoisotopic (exact) mass is 216 g/mol. The zero-order chi connectivity index (χ0) is 9.42. The van der Waals surface area contributed by atoms with Crippen LogP contribution in [0.2, 0.25) is 0 Å². The van der Waals surface area contributed by atoms with Crippen LogP contribution in [0.3, 0.4) is 0 Å². The van der Waals surface area contributed by atoms with Crippen LogP contribution in [0.15, 0.2) is 18.5 Å². The number of rotatable bonds is 1. The highest BCUT2D eigenvalue weighted by Crippen LogP contribution is 2.17. The summed E-state index contributed by atoms with van der Waals surface area (Å²) >= 11 is 0. The predicted octanol–water partition coefficient (Wildman–Crippen LogP) is 1.82. The summed E-state index contributed by atoms with van der Waals surface area (Å²) in [4.78, 5) is 16.9. The number of benzene rings is 1. The molecule has 2 aromatic rings. The number of H-pyrrole nitrogens is 1. The lowest BCUT2D eigenvalue weighted by molar-refractivity contribution is 0.0692. The normalized spacial score (nSPS) is 9.79. The van der Waals surface area contributed by atoms with E-state index in [9.17, 15) is 9.18 Å². The summed E-state index contributed by atoms with van der Waals surface area (Å²) in [6, 6.07) is 2.69. The maximum Gasteiger partial charge on any atom is 0.338 e. The first-order valence-corrected chi connectivity index (χ1v) is 3.55. The van der Waals surface area contributed by atoms with Crippen LogP contribution < -0.4 is 0 Å². The van der Waals surface area contributed by atoms with Gasteiger partial charge in [0.05, 0.1) is 17.4 Å². The number of imidazole rings is 1. The van der Waals surface area contributed by atoms with Gasteiger partial charge in [-0.3, -0.25) is 0 Å². The van der Waals surface area contributed by atoms with Gasteiger partial charge in [0.1, 0.15) is 5.52 Å². The van der Waals surface area contributed by atoms with Crippen molar-refractivity contribution in [2.45, 2.75) is 0 Å². The van der Waals surface area contributed by atoms with Gasteiger partial charge >= 0.3 is 5.97 Å². The van der Waals surface area contributed by atoms with Crippen molar-refractivity contribution in [1.29, 1.82) is 0 Å². The Kier molecular flexibility index (Phi) is 2.71. The molecule has 0 fully saturated rings. The Morgan fingerprint density at radius 3 is 2.86 bits per heavy atom. The highest BCUT2D eigenvalue weighted by atomic mass is 35.5. The minimum atomic E-state index is -1.29. The van der Waals surface area contributed by atoms with E-state index in [0.717, 1.165) is 0 Å². The third-order valence-electron chi connectivity index (χ3n) is 1.76. The number of halogens is 2. The largest absolute Gasteiger partial charge is 0.478 e. The molecule has 1 aromatic carbocycles. The zero-order valence-electron chi connectivity index (χ0n) is 6.82. The molecule has 0 atom stereocenters. The Balaban J connectivity index is 0.000000980. The van der Waals surface area contributed by atoms with Crippen LogP contribution in [0.25, 0.3) is 11.0 Å². The van der Waals surface area contributed by atoms with Crippen molar-refractivity contribution in [3.63, 3.8) is 0 Å². The molecule has 14 heavy (non-hydrogen) atoms. The molecule has 0 spiro atoms. The fourth-order valence-corrected chi connectivity index (χ4v) is 1.14. The van der Waals surface area contributed by atoms with Gasteiger partial charge in [-0.15, -0.1) is 12.4 Å². The van der Waals surface area contributed by atoms with E-state index in [1.54, 1.807) is 0 Å². The zero-order valence-corrected chi connectivity index (χ0v) is 7.64. The van der Waals surface area contributed by atoms with Gasteiger partial charge in [0.15, 0.2) is 5.82 Å². The first-order valence-electron chi connectivity index (χ1n) is 3.55. The van der Waals surface area contributed by atoms with Crippen LogP contribution in [0.4, 0.5) is 4.39 Å². The van der Waals surface area contributed by atoms with Gasteiger partial charge in [-0.2, -0.15) is 0 Å².